The van der Waals surface area contributed by atoms with Gasteiger partial charge in [-0.1, -0.05) is 59.2 Å². The van der Waals surface area contributed by atoms with Gasteiger partial charge in [0.25, 0.3) is 0 Å². The molecule has 182 valence electrons. The molecule has 0 bridgehead atoms. The lowest BCUT2D eigenvalue weighted by Crippen LogP contribution is -2.04. The zero-order valence-corrected chi connectivity index (χ0v) is 23.2. The van der Waals surface area contributed by atoms with Gasteiger partial charge in [0.1, 0.15) is 6.07 Å². The summed E-state index contributed by atoms with van der Waals surface area (Å²) in [5.41, 5.74) is 9.86. The highest BCUT2D eigenvalue weighted by molar-refractivity contribution is 7.98. The van der Waals surface area contributed by atoms with Crippen molar-refractivity contribution in [1.82, 2.24) is 14.8 Å². The maximum absolute atomic E-state index is 10.1. The summed E-state index contributed by atoms with van der Waals surface area (Å²) in [6.45, 7) is 10.9. The van der Waals surface area contributed by atoms with E-state index in [4.69, 9.17) is 23.2 Å². The lowest BCUT2D eigenvalue weighted by atomic mass is 9.90. The van der Waals surface area contributed by atoms with Gasteiger partial charge in [-0.15, -0.1) is 10.2 Å². The molecule has 0 N–H and O–H groups in total. The molecule has 0 saturated carbocycles. The molecule has 36 heavy (non-hydrogen) atoms. The Morgan fingerprint density at radius 3 is 2.17 bits per heavy atom. The van der Waals surface area contributed by atoms with Crippen LogP contribution in [0.3, 0.4) is 0 Å². The summed E-state index contributed by atoms with van der Waals surface area (Å²) in [5.74, 6) is 1.21. The molecule has 4 aromatic rings. The van der Waals surface area contributed by atoms with E-state index in [9.17, 15) is 5.26 Å². The van der Waals surface area contributed by atoms with Crippen LogP contribution in [0, 0.1) is 45.9 Å². The molecule has 1 heterocycles. The number of hydrogen-bond acceptors (Lipinski definition) is 4. The van der Waals surface area contributed by atoms with Crippen molar-refractivity contribution < 1.29 is 0 Å². The molecule has 7 heteroatoms. The molecule has 0 atom stereocenters. The molecule has 4 rings (SSSR count). The Morgan fingerprint density at radius 2 is 1.56 bits per heavy atom. The predicted octanol–water partition coefficient (Wildman–Crippen LogP) is 8.47. The number of hydrogen-bond donors (Lipinski definition) is 0. The second-order valence-electron chi connectivity index (χ2n) is 8.71. The fourth-order valence-electron chi connectivity index (χ4n) is 4.20. The van der Waals surface area contributed by atoms with Crippen molar-refractivity contribution in [3.8, 4) is 11.8 Å². The summed E-state index contributed by atoms with van der Waals surface area (Å²) in [7, 11) is 0. The molecule has 0 unspecified atom stereocenters. The predicted molar refractivity (Wildman–Crippen MR) is 151 cm³/mol. The summed E-state index contributed by atoms with van der Waals surface area (Å²) in [6, 6.07) is 17.3. The highest BCUT2D eigenvalue weighted by atomic mass is 35.5. The van der Waals surface area contributed by atoms with Crippen LogP contribution < -0.4 is 0 Å². The van der Waals surface area contributed by atoms with Gasteiger partial charge in [0, 0.05) is 21.5 Å². The zero-order valence-electron chi connectivity index (χ0n) is 20.9. The summed E-state index contributed by atoms with van der Waals surface area (Å²) in [5, 5.41) is 20.7. The van der Waals surface area contributed by atoms with E-state index in [0.29, 0.717) is 32.2 Å². The molecular weight excluding hydrogens is 507 g/mol. The summed E-state index contributed by atoms with van der Waals surface area (Å²) in [4.78, 5) is 0. The SMILES string of the molecule is Cc1c(C)c(C)c(CSc2nnc(/C(C#N)=C\c3ccc(Cl)cc3Cl)n2-c2ccccc2)c(C)c1C. The molecular formula is C29H26Cl2N4S. The van der Waals surface area contributed by atoms with Gasteiger partial charge in [0.2, 0.25) is 0 Å². The van der Waals surface area contributed by atoms with Crippen molar-refractivity contribution >= 4 is 46.6 Å². The Bertz CT molecular complexity index is 1490. The highest BCUT2D eigenvalue weighted by Gasteiger charge is 2.20. The number of thioether (sulfide) groups is 1. The molecule has 0 radical (unpaired) electrons. The first-order valence-corrected chi connectivity index (χ1v) is 13.2. The number of benzene rings is 3. The molecule has 0 fully saturated rings. The average Bonchev–Trinajstić information content (AvgIpc) is 3.30. The van der Waals surface area contributed by atoms with Crippen molar-refractivity contribution in [3.63, 3.8) is 0 Å². The molecule has 0 aliphatic rings. The van der Waals surface area contributed by atoms with E-state index in [0.717, 1.165) is 11.4 Å². The molecule has 3 aromatic carbocycles. The van der Waals surface area contributed by atoms with Crippen LogP contribution in [-0.4, -0.2) is 14.8 Å². The van der Waals surface area contributed by atoms with E-state index < -0.39 is 0 Å². The first kappa shape index (κ1) is 26.0. The van der Waals surface area contributed by atoms with Crippen LogP contribution in [0.4, 0.5) is 0 Å². The van der Waals surface area contributed by atoms with E-state index in [1.54, 1.807) is 36.0 Å². The molecule has 0 aliphatic carbocycles. The van der Waals surface area contributed by atoms with Crippen LogP contribution in [0.15, 0.2) is 53.7 Å². The fourth-order valence-corrected chi connectivity index (χ4v) is 5.79. The molecule has 0 spiro atoms. The number of allylic oxidation sites excluding steroid dienone is 1. The highest BCUT2D eigenvalue weighted by Crippen LogP contribution is 2.34. The van der Waals surface area contributed by atoms with Gasteiger partial charge in [0.15, 0.2) is 11.0 Å². The van der Waals surface area contributed by atoms with Crippen LogP contribution in [0.5, 0.6) is 0 Å². The minimum atomic E-state index is 0.358. The van der Waals surface area contributed by atoms with Crippen molar-refractivity contribution in [2.45, 2.75) is 45.5 Å². The molecule has 4 nitrogen and oxygen atoms in total. The van der Waals surface area contributed by atoms with Crippen molar-refractivity contribution in [3.05, 3.63) is 103 Å². The van der Waals surface area contributed by atoms with Gasteiger partial charge in [-0.3, -0.25) is 4.57 Å². The maximum Gasteiger partial charge on any atom is 0.196 e. The van der Waals surface area contributed by atoms with Crippen LogP contribution in [0.2, 0.25) is 10.0 Å². The lowest BCUT2D eigenvalue weighted by Gasteiger charge is -2.18. The maximum atomic E-state index is 10.1. The second-order valence-corrected chi connectivity index (χ2v) is 10.5. The van der Waals surface area contributed by atoms with E-state index in [-0.39, 0.29) is 0 Å². The lowest BCUT2D eigenvalue weighted by molar-refractivity contribution is 0.879. The van der Waals surface area contributed by atoms with E-state index in [1.165, 1.54) is 33.4 Å². The van der Waals surface area contributed by atoms with Crippen LogP contribution in [0.1, 0.15) is 44.8 Å². The van der Waals surface area contributed by atoms with Gasteiger partial charge in [0.05, 0.1) is 5.57 Å². The minimum Gasteiger partial charge on any atom is -0.269 e. The van der Waals surface area contributed by atoms with Crippen LogP contribution >= 0.6 is 35.0 Å². The number of para-hydroxylation sites is 1. The minimum absolute atomic E-state index is 0.358. The topological polar surface area (TPSA) is 54.5 Å². The largest absolute Gasteiger partial charge is 0.269 e. The number of rotatable bonds is 6. The molecule has 0 aliphatic heterocycles. The number of nitrogens with zero attached hydrogens (tertiary/aromatic N) is 4. The van der Waals surface area contributed by atoms with E-state index in [1.807, 2.05) is 34.9 Å². The first-order chi connectivity index (χ1) is 17.2. The van der Waals surface area contributed by atoms with E-state index >= 15 is 0 Å². The van der Waals surface area contributed by atoms with Crippen molar-refractivity contribution in [1.29, 1.82) is 5.26 Å². The smallest absolute Gasteiger partial charge is 0.196 e. The Hall–Kier alpha value is -3.04. The number of aromatic nitrogens is 3. The van der Waals surface area contributed by atoms with Gasteiger partial charge in [-0.25, -0.2) is 0 Å². The fraction of sp³-hybridized carbons (Fsp3) is 0.207. The average molecular weight is 534 g/mol. The first-order valence-electron chi connectivity index (χ1n) is 11.5. The van der Waals surface area contributed by atoms with Crippen molar-refractivity contribution in [2.75, 3.05) is 0 Å². The Labute approximate surface area is 226 Å². The third-order valence-corrected chi connectivity index (χ3v) is 8.29. The van der Waals surface area contributed by atoms with E-state index in [2.05, 4.69) is 50.9 Å². The normalized spacial score (nSPS) is 11.6. The Morgan fingerprint density at radius 1 is 0.917 bits per heavy atom. The second kappa shape index (κ2) is 10.9. The van der Waals surface area contributed by atoms with Gasteiger partial charge < -0.3 is 0 Å². The van der Waals surface area contributed by atoms with Crippen LogP contribution in [-0.2, 0) is 5.75 Å². The number of nitriles is 1. The third-order valence-electron chi connectivity index (χ3n) is 6.77. The number of halogens is 2. The standard InChI is InChI=1S/C29H26Cl2N4S/c1-17-18(2)20(4)26(21(5)19(17)3)16-36-29-34-33-28(35(29)25-9-7-6-8-10-25)23(15-32)13-22-11-12-24(30)14-27(22)31/h6-14H,16H2,1-5H3/b23-13-. The zero-order chi connectivity index (χ0) is 26.0. The Balaban J connectivity index is 1.79. The third kappa shape index (κ3) is 5.08. The summed E-state index contributed by atoms with van der Waals surface area (Å²) >= 11 is 14.0. The van der Waals surface area contributed by atoms with Crippen LogP contribution in [0.25, 0.3) is 17.3 Å². The van der Waals surface area contributed by atoms with Gasteiger partial charge >= 0.3 is 0 Å². The van der Waals surface area contributed by atoms with Gasteiger partial charge in [-0.05, 0) is 104 Å². The summed E-state index contributed by atoms with van der Waals surface area (Å²) < 4.78 is 1.93. The monoisotopic (exact) mass is 532 g/mol. The quantitative estimate of drug-likeness (QED) is 0.184. The molecule has 0 amide bonds. The molecule has 1 aromatic heterocycles. The van der Waals surface area contributed by atoms with Crippen molar-refractivity contribution in [2.24, 2.45) is 0 Å². The summed E-state index contributed by atoms with van der Waals surface area (Å²) in [6.07, 6.45) is 1.72. The van der Waals surface area contributed by atoms with Gasteiger partial charge in [-0.2, -0.15) is 5.26 Å². The molecule has 0 saturated heterocycles. The Kier molecular flexibility index (Phi) is 7.90.